The maximum atomic E-state index is 12.1. The summed E-state index contributed by atoms with van der Waals surface area (Å²) in [5.41, 5.74) is 1.75. The molecule has 0 radical (unpaired) electrons. The summed E-state index contributed by atoms with van der Waals surface area (Å²) < 4.78 is 29.3. The molecule has 1 heterocycles. The second kappa shape index (κ2) is 5.19. The normalized spacial score (nSPS) is 11.3. The Kier molecular flexibility index (Phi) is 3.78. The summed E-state index contributed by atoms with van der Waals surface area (Å²) in [7, 11) is -3.89. The minimum Gasteiger partial charge on any atom is -0.379 e. The van der Waals surface area contributed by atoms with Gasteiger partial charge in [-0.15, -0.1) is 0 Å². The third-order valence-electron chi connectivity index (χ3n) is 2.74. The van der Waals surface area contributed by atoms with E-state index >= 15 is 0 Å². The van der Waals surface area contributed by atoms with Gasteiger partial charge in [-0.05, 0) is 43.2 Å². The number of hydrogen-bond donors (Lipinski definition) is 0. The predicted molar refractivity (Wildman–Crippen MR) is 73.0 cm³/mol. The minimum atomic E-state index is -3.89. The van der Waals surface area contributed by atoms with Gasteiger partial charge in [-0.25, -0.2) is 4.98 Å². The largest absolute Gasteiger partial charge is 0.379 e. The molecule has 0 fully saturated rings. The fourth-order valence-electron chi connectivity index (χ4n) is 1.49. The second-order valence-corrected chi connectivity index (χ2v) is 5.99. The molecule has 0 aliphatic heterocycles. The molecule has 19 heavy (non-hydrogen) atoms. The Bertz CT molecular complexity index is 696. The molecular formula is C13H12ClNO3S. The van der Waals surface area contributed by atoms with Crippen LogP contribution >= 0.6 is 11.6 Å². The highest BCUT2D eigenvalue weighted by molar-refractivity contribution is 7.87. The van der Waals surface area contributed by atoms with Gasteiger partial charge in [0.25, 0.3) is 0 Å². The Morgan fingerprint density at radius 3 is 2.53 bits per heavy atom. The number of hydrogen-bond acceptors (Lipinski definition) is 4. The Morgan fingerprint density at radius 2 is 1.89 bits per heavy atom. The lowest BCUT2D eigenvalue weighted by atomic mass is 10.1. The highest BCUT2D eigenvalue weighted by Gasteiger charge is 2.18. The van der Waals surface area contributed by atoms with Crippen molar-refractivity contribution in [3.8, 4) is 5.75 Å². The topological polar surface area (TPSA) is 56.3 Å². The Morgan fingerprint density at radius 1 is 1.16 bits per heavy atom. The van der Waals surface area contributed by atoms with Gasteiger partial charge in [0.15, 0.2) is 0 Å². The molecule has 0 aliphatic carbocycles. The van der Waals surface area contributed by atoms with Crippen LogP contribution in [-0.4, -0.2) is 13.4 Å². The third kappa shape index (κ3) is 3.05. The molecule has 0 saturated heterocycles. The zero-order chi connectivity index (χ0) is 14.0. The van der Waals surface area contributed by atoms with E-state index in [1.165, 1.54) is 18.3 Å². The number of benzene rings is 1. The molecule has 0 spiro atoms. The average Bonchev–Trinajstić information content (AvgIpc) is 2.35. The first-order chi connectivity index (χ1) is 8.90. The summed E-state index contributed by atoms with van der Waals surface area (Å²) in [6.07, 6.45) is 1.17. The van der Waals surface area contributed by atoms with Crippen molar-refractivity contribution in [3.05, 3.63) is 52.8 Å². The van der Waals surface area contributed by atoms with Crippen molar-refractivity contribution in [3.63, 3.8) is 0 Å². The SMILES string of the molecule is Cc1cccc(OS(=O)(=O)c2ccc(Cl)nc2)c1C. The summed E-state index contributed by atoms with van der Waals surface area (Å²) >= 11 is 5.62. The summed E-state index contributed by atoms with van der Waals surface area (Å²) in [6.45, 7) is 3.69. The number of halogens is 1. The maximum absolute atomic E-state index is 12.1. The molecule has 0 amide bonds. The van der Waals surface area contributed by atoms with Crippen LogP contribution in [0.25, 0.3) is 0 Å². The first-order valence-corrected chi connectivity index (χ1v) is 7.31. The molecule has 0 bridgehead atoms. The van der Waals surface area contributed by atoms with E-state index in [1.54, 1.807) is 19.1 Å². The van der Waals surface area contributed by atoms with Crippen LogP contribution < -0.4 is 4.18 Å². The highest BCUT2D eigenvalue weighted by Crippen LogP contribution is 2.24. The first-order valence-electron chi connectivity index (χ1n) is 5.52. The fraction of sp³-hybridized carbons (Fsp3) is 0.154. The molecular weight excluding hydrogens is 286 g/mol. The Hall–Kier alpha value is -1.59. The van der Waals surface area contributed by atoms with Gasteiger partial charge in [-0.3, -0.25) is 0 Å². The lowest BCUT2D eigenvalue weighted by molar-refractivity contribution is 0.483. The van der Waals surface area contributed by atoms with Crippen LogP contribution in [0.4, 0.5) is 0 Å². The number of aromatic nitrogens is 1. The van der Waals surface area contributed by atoms with E-state index in [0.29, 0.717) is 5.75 Å². The zero-order valence-electron chi connectivity index (χ0n) is 10.4. The predicted octanol–water partition coefficient (Wildman–Crippen LogP) is 3.12. The van der Waals surface area contributed by atoms with Crippen molar-refractivity contribution in [2.24, 2.45) is 0 Å². The number of aryl methyl sites for hydroxylation is 1. The highest BCUT2D eigenvalue weighted by atomic mass is 35.5. The van der Waals surface area contributed by atoms with E-state index in [-0.39, 0.29) is 10.0 Å². The molecule has 1 aromatic heterocycles. The van der Waals surface area contributed by atoms with Crippen molar-refractivity contribution >= 4 is 21.7 Å². The van der Waals surface area contributed by atoms with E-state index in [4.69, 9.17) is 15.8 Å². The van der Waals surface area contributed by atoms with Gasteiger partial charge in [0.1, 0.15) is 15.8 Å². The van der Waals surface area contributed by atoms with E-state index < -0.39 is 10.1 Å². The number of rotatable bonds is 3. The smallest absolute Gasteiger partial charge is 0.340 e. The summed E-state index contributed by atoms with van der Waals surface area (Å²) in [4.78, 5) is 3.70. The number of pyridine rings is 1. The van der Waals surface area contributed by atoms with E-state index in [9.17, 15) is 8.42 Å². The van der Waals surface area contributed by atoms with Gasteiger partial charge in [0.2, 0.25) is 0 Å². The van der Waals surface area contributed by atoms with Crippen molar-refractivity contribution < 1.29 is 12.6 Å². The Labute approximate surface area is 117 Å². The lowest BCUT2D eigenvalue weighted by Crippen LogP contribution is -2.11. The van der Waals surface area contributed by atoms with Crippen molar-refractivity contribution in [2.45, 2.75) is 18.7 Å². The van der Waals surface area contributed by atoms with Gasteiger partial charge in [0.05, 0.1) is 6.20 Å². The van der Waals surface area contributed by atoms with Gasteiger partial charge in [0, 0.05) is 0 Å². The molecule has 100 valence electrons. The summed E-state index contributed by atoms with van der Waals surface area (Å²) in [5.74, 6) is 0.315. The molecule has 0 aliphatic rings. The van der Waals surface area contributed by atoms with Crippen LogP contribution in [-0.2, 0) is 10.1 Å². The number of nitrogens with zero attached hydrogens (tertiary/aromatic N) is 1. The third-order valence-corrected chi connectivity index (χ3v) is 4.18. The van der Waals surface area contributed by atoms with Crippen LogP contribution in [0, 0.1) is 13.8 Å². The monoisotopic (exact) mass is 297 g/mol. The minimum absolute atomic E-state index is 0.0298. The van der Waals surface area contributed by atoms with E-state index in [0.717, 1.165) is 11.1 Å². The summed E-state index contributed by atoms with van der Waals surface area (Å²) in [5, 5.41) is 0.227. The molecule has 0 N–H and O–H groups in total. The molecule has 4 nitrogen and oxygen atoms in total. The fourth-order valence-corrected chi connectivity index (χ4v) is 2.53. The van der Waals surface area contributed by atoms with Crippen molar-refractivity contribution in [1.29, 1.82) is 0 Å². The first kappa shape index (κ1) is 13.8. The van der Waals surface area contributed by atoms with Crippen molar-refractivity contribution in [1.82, 2.24) is 4.98 Å². The van der Waals surface area contributed by atoms with Crippen LogP contribution in [0.15, 0.2) is 41.4 Å². The van der Waals surface area contributed by atoms with Gasteiger partial charge < -0.3 is 4.18 Å². The van der Waals surface area contributed by atoms with E-state index in [2.05, 4.69) is 4.98 Å². The average molecular weight is 298 g/mol. The molecule has 0 saturated carbocycles. The quantitative estimate of drug-likeness (QED) is 0.645. The van der Waals surface area contributed by atoms with Gasteiger partial charge >= 0.3 is 10.1 Å². The summed E-state index contributed by atoms with van der Waals surface area (Å²) in [6, 6.07) is 8.01. The molecule has 1 aromatic carbocycles. The zero-order valence-corrected chi connectivity index (χ0v) is 12.0. The molecule has 0 atom stereocenters. The van der Waals surface area contributed by atoms with Crippen LogP contribution in [0.5, 0.6) is 5.75 Å². The Balaban J connectivity index is 2.36. The lowest BCUT2D eigenvalue weighted by Gasteiger charge is -2.10. The van der Waals surface area contributed by atoms with Crippen molar-refractivity contribution in [2.75, 3.05) is 0 Å². The van der Waals surface area contributed by atoms with E-state index in [1.807, 2.05) is 13.0 Å². The van der Waals surface area contributed by atoms with Gasteiger partial charge in [-0.1, -0.05) is 23.7 Å². The molecule has 2 aromatic rings. The van der Waals surface area contributed by atoms with Crippen LogP contribution in [0.1, 0.15) is 11.1 Å². The maximum Gasteiger partial charge on any atom is 0.340 e. The van der Waals surface area contributed by atoms with Gasteiger partial charge in [-0.2, -0.15) is 8.42 Å². The molecule has 2 rings (SSSR count). The van der Waals surface area contributed by atoms with Crippen LogP contribution in [0.3, 0.4) is 0 Å². The van der Waals surface area contributed by atoms with Crippen LogP contribution in [0.2, 0.25) is 5.15 Å². The second-order valence-electron chi connectivity index (χ2n) is 4.05. The molecule has 0 unspecified atom stereocenters. The standard InChI is InChI=1S/C13H12ClNO3S/c1-9-4-3-5-12(10(9)2)18-19(16,17)11-6-7-13(14)15-8-11/h3-8H,1-2H3. The molecule has 6 heteroatoms.